The van der Waals surface area contributed by atoms with Crippen molar-refractivity contribution in [3.05, 3.63) is 12.7 Å². The van der Waals surface area contributed by atoms with Crippen LogP contribution in [0.4, 0.5) is 4.39 Å². The molecule has 0 amide bonds. The number of alkyl halides is 1. The van der Waals surface area contributed by atoms with Crippen LogP contribution in [0.3, 0.4) is 0 Å². The molecule has 0 heterocycles. The lowest BCUT2D eigenvalue weighted by Gasteiger charge is -2.09. The van der Waals surface area contributed by atoms with E-state index in [0.717, 1.165) is 18.6 Å². The molecule has 2 unspecified atom stereocenters. The number of halogens is 1. The van der Waals surface area contributed by atoms with Crippen molar-refractivity contribution in [3.63, 3.8) is 0 Å². The van der Waals surface area contributed by atoms with Crippen molar-refractivity contribution in [1.82, 2.24) is 0 Å². The zero-order valence-electron chi connectivity index (χ0n) is 13.2. The highest BCUT2D eigenvalue weighted by Crippen LogP contribution is 2.16. The molecule has 0 fully saturated rings. The van der Waals surface area contributed by atoms with Crippen LogP contribution in [-0.4, -0.2) is 22.9 Å². The molecule has 0 saturated carbocycles. The Bertz CT molecular complexity index is 243. The van der Waals surface area contributed by atoms with E-state index in [0.29, 0.717) is 12.3 Å². The van der Waals surface area contributed by atoms with Crippen LogP contribution in [0.25, 0.3) is 0 Å². The first-order valence-electron chi connectivity index (χ1n) is 8.19. The second-order valence-corrected chi connectivity index (χ2v) is 7.28. The lowest BCUT2D eigenvalue weighted by Crippen LogP contribution is -1.97. The van der Waals surface area contributed by atoms with Gasteiger partial charge in [-0.2, -0.15) is 0 Å². The van der Waals surface area contributed by atoms with Gasteiger partial charge in [-0.15, -0.1) is 6.58 Å². The minimum atomic E-state index is -0.615. The monoisotopic (exact) mass is 304 g/mol. The molecule has 0 aromatic carbocycles. The van der Waals surface area contributed by atoms with Crippen LogP contribution in [-0.2, 0) is 10.8 Å². The Morgan fingerprint density at radius 3 is 1.90 bits per heavy atom. The highest BCUT2D eigenvalue weighted by atomic mass is 32.2. The molecule has 0 rings (SSSR count). The Hall–Kier alpha value is -0.180. The third kappa shape index (κ3) is 14.2. The molecule has 0 aromatic heterocycles. The minimum Gasteiger partial charge on any atom is -0.260 e. The first kappa shape index (κ1) is 19.8. The third-order valence-corrected chi connectivity index (χ3v) is 4.68. The van der Waals surface area contributed by atoms with Crippen LogP contribution in [0, 0.1) is 5.92 Å². The smallest absolute Gasteiger partial charge is 0.0900 e. The van der Waals surface area contributed by atoms with Crippen molar-refractivity contribution >= 4 is 10.8 Å². The van der Waals surface area contributed by atoms with E-state index < -0.39 is 10.8 Å². The molecule has 0 aliphatic heterocycles. The molecule has 2 atom stereocenters. The molecular weight excluding hydrogens is 271 g/mol. The van der Waals surface area contributed by atoms with Crippen molar-refractivity contribution in [2.45, 2.75) is 70.6 Å². The molecule has 0 aliphatic carbocycles. The number of rotatable bonds is 15. The lowest BCUT2D eigenvalue weighted by atomic mass is 9.97. The van der Waals surface area contributed by atoms with Gasteiger partial charge in [-0.25, -0.2) is 0 Å². The van der Waals surface area contributed by atoms with Gasteiger partial charge in [-0.1, -0.05) is 57.4 Å². The maximum Gasteiger partial charge on any atom is 0.0900 e. The first-order chi connectivity index (χ1) is 9.70. The average molecular weight is 305 g/mol. The van der Waals surface area contributed by atoms with Gasteiger partial charge < -0.3 is 0 Å². The number of hydrogen-bond acceptors (Lipinski definition) is 1. The van der Waals surface area contributed by atoms with E-state index in [2.05, 4.69) is 6.58 Å². The zero-order valence-corrected chi connectivity index (χ0v) is 14.1. The predicted octanol–water partition coefficient (Wildman–Crippen LogP) is 5.43. The van der Waals surface area contributed by atoms with Gasteiger partial charge in [0.05, 0.1) is 6.67 Å². The second-order valence-electron chi connectivity index (χ2n) is 5.72. The van der Waals surface area contributed by atoms with Crippen molar-refractivity contribution in [1.29, 1.82) is 0 Å². The van der Waals surface area contributed by atoms with Gasteiger partial charge in [0, 0.05) is 22.8 Å². The maximum atomic E-state index is 12.2. The summed E-state index contributed by atoms with van der Waals surface area (Å²) in [7, 11) is -0.615. The summed E-state index contributed by atoms with van der Waals surface area (Å²) in [6, 6.07) is 0. The highest BCUT2D eigenvalue weighted by molar-refractivity contribution is 7.84. The quantitative estimate of drug-likeness (QED) is 0.291. The van der Waals surface area contributed by atoms with Gasteiger partial charge >= 0.3 is 0 Å². The number of allylic oxidation sites excluding steroid dienone is 1. The van der Waals surface area contributed by atoms with E-state index >= 15 is 0 Å². The van der Waals surface area contributed by atoms with Crippen LogP contribution < -0.4 is 0 Å². The van der Waals surface area contributed by atoms with Crippen molar-refractivity contribution < 1.29 is 8.60 Å². The lowest BCUT2D eigenvalue weighted by molar-refractivity contribution is 0.402. The summed E-state index contributed by atoms with van der Waals surface area (Å²) < 4.78 is 23.1. The third-order valence-electron chi connectivity index (χ3n) is 3.82. The Morgan fingerprint density at radius 2 is 1.45 bits per heavy atom. The van der Waals surface area contributed by atoms with E-state index in [1.165, 1.54) is 51.4 Å². The molecule has 0 N–H and O–H groups in total. The molecule has 0 radical (unpaired) electrons. The van der Waals surface area contributed by atoms with E-state index in [9.17, 15) is 8.60 Å². The molecule has 0 bridgehead atoms. The summed E-state index contributed by atoms with van der Waals surface area (Å²) in [6.07, 6.45) is 16.8. The Kier molecular flexibility index (Phi) is 15.1. The maximum absolute atomic E-state index is 12.2. The number of hydrogen-bond donors (Lipinski definition) is 0. The van der Waals surface area contributed by atoms with E-state index in [1.54, 1.807) is 6.26 Å². The summed E-state index contributed by atoms with van der Waals surface area (Å²) in [5, 5.41) is 0. The van der Waals surface area contributed by atoms with E-state index in [1.807, 2.05) is 6.08 Å². The normalized spacial score (nSPS) is 14.1. The van der Waals surface area contributed by atoms with E-state index in [-0.39, 0.29) is 6.67 Å². The fraction of sp³-hybridized carbons (Fsp3) is 0.882. The van der Waals surface area contributed by atoms with Crippen LogP contribution in [0.2, 0.25) is 0 Å². The van der Waals surface area contributed by atoms with E-state index in [4.69, 9.17) is 0 Å². The minimum absolute atomic E-state index is 0.220. The molecular formula is C17H33FOS. The van der Waals surface area contributed by atoms with Crippen molar-refractivity contribution in [3.8, 4) is 0 Å². The van der Waals surface area contributed by atoms with Gasteiger partial charge in [0.25, 0.3) is 0 Å². The van der Waals surface area contributed by atoms with Crippen LogP contribution in [0.1, 0.15) is 70.6 Å². The fourth-order valence-corrected chi connectivity index (χ4v) is 3.08. The van der Waals surface area contributed by atoms with Crippen molar-refractivity contribution in [2.24, 2.45) is 5.92 Å². The zero-order chi connectivity index (χ0) is 15.1. The summed E-state index contributed by atoms with van der Waals surface area (Å²) in [5.41, 5.74) is 0. The van der Waals surface area contributed by atoms with Crippen LogP contribution in [0.15, 0.2) is 12.7 Å². The predicted molar refractivity (Wildman–Crippen MR) is 89.4 cm³/mol. The molecule has 3 heteroatoms. The van der Waals surface area contributed by atoms with Gasteiger partial charge in [0.1, 0.15) is 0 Å². The summed E-state index contributed by atoms with van der Waals surface area (Å²) in [5.74, 6) is 1.24. The number of unbranched alkanes of at least 4 members (excludes halogenated alkanes) is 8. The molecule has 0 saturated heterocycles. The molecule has 0 aliphatic rings. The SMILES string of the molecule is C=CC(CCF)CCCCCCCCCCCS(C)=O. The fourth-order valence-electron chi connectivity index (χ4n) is 2.47. The van der Waals surface area contributed by atoms with Crippen LogP contribution in [0.5, 0.6) is 0 Å². The molecule has 0 spiro atoms. The summed E-state index contributed by atoms with van der Waals surface area (Å²) >= 11 is 0. The Morgan fingerprint density at radius 1 is 0.950 bits per heavy atom. The average Bonchev–Trinajstić information content (AvgIpc) is 2.43. The molecule has 0 aromatic rings. The molecule has 120 valence electrons. The van der Waals surface area contributed by atoms with Gasteiger partial charge in [0.2, 0.25) is 0 Å². The first-order valence-corrected chi connectivity index (χ1v) is 9.92. The van der Waals surface area contributed by atoms with Gasteiger partial charge in [-0.05, 0) is 25.2 Å². The molecule has 20 heavy (non-hydrogen) atoms. The van der Waals surface area contributed by atoms with Crippen LogP contribution >= 0.6 is 0 Å². The van der Waals surface area contributed by atoms with Gasteiger partial charge in [0.15, 0.2) is 0 Å². The molecule has 1 nitrogen and oxygen atoms in total. The van der Waals surface area contributed by atoms with Gasteiger partial charge in [-0.3, -0.25) is 8.60 Å². The topological polar surface area (TPSA) is 17.1 Å². The summed E-state index contributed by atoms with van der Waals surface area (Å²) in [4.78, 5) is 0. The summed E-state index contributed by atoms with van der Waals surface area (Å²) in [6.45, 7) is 3.55. The second kappa shape index (κ2) is 15.2. The Labute approximate surface area is 127 Å². The standard InChI is InChI=1S/C17H33FOS/c1-3-17(14-15-18)13-11-9-7-5-4-6-8-10-12-16-20(2)19/h3,17H,1,4-16H2,2H3. The van der Waals surface area contributed by atoms with Crippen molar-refractivity contribution in [2.75, 3.05) is 18.7 Å². The highest BCUT2D eigenvalue weighted by Gasteiger charge is 2.03. The largest absolute Gasteiger partial charge is 0.260 e. The Balaban J connectivity index is 3.16.